The Bertz CT molecular complexity index is 363. The summed E-state index contributed by atoms with van der Waals surface area (Å²) in [7, 11) is 0. The molecule has 1 N–H and O–H groups in total. The number of rotatable bonds is 3. The summed E-state index contributed by atoms with van der Waals surface area (Å²) in [6.45, 7) is 5.81. The molecule has 0 aliphatic carbocycles. The van der Waals surface area contributed by atoms with Crippen LogP contribution in [0.25, 0.3) is 0 Å². The predicted molar refractivity (Wildman–Crippen MR) is 51.3 cm³/mol. The van der Waals surface area contributed by atoms with Crippen molar-refractivity contribution >= 4 is 5.91 Å². The molecular formula is C10H11FN2O. The van der Waals surface area contributed by atoms with E-state index in [-0.39, 0.29) is 11.5 Å². The summed E-state index contributed by atoms with van der Waals surface area (Å²) < 4.78 is 12.7. The summed E-state index contributed by atoms with van der Waals surface area (Å²) in [6.07, 6.45) is 2.37. The fourth-order valence-corrected chi connectivity index (χ4v) is 0.869. The normalized spacial score (nSPS) is 9.57. The van der Waals surface area contributed by atoms with Gasteiger partial charge in [0.25, 0.3) is 5.91 Å². The Labute approximate surface area is 81.7 Å². The Balaban J connectivity index is 2.65. The Kier molecular flexibility index (Phi) is 3.34. The van der Waals surface area contributed by atoms with Crippen LogP contribution in [0.3, 0.4) is 0 Å². The maximum absolute atomic E-state index is 12.7. The number of carbonyl (C=O) groups is 1. The summed E-state index contributed by atoms with van der Waals surface area (Å²) in [4.78, 5) is 14.9. The van der Waals surface area contributed by atoms with Crippen LogP contribution in [0.15, 0.2) is 30.6 Å². The highest BCUT2D eigenvalue weighted by Gasteiger charge is 2.05. The number of carbonyl (C=O) groups excluding carboxylic acids is 1. The van der Waals surface area contributed by atoms with E-state index in [1.165, 1.54) is 6.20 Å². The first-order valence-corrected chi connectivity index (χ1v) is 4.12. The molecule has 0 saturated carbocycles. The molecule has 1 heterocycles. The van der Waals surface area contributed by atoms with Gasteiger partial charge >= 0.3 is 0 Å². The summed E-state index contributed by atoms with van der Waals surface area (Å²) >= 11 is 0. The monoisotopic (exact) mass is 194 g/mol. The van der Waals surface area contributed by atoms with Crippen LogP contribution in [0.4, 0.5) is 4.39 Å². The summed E-state index contributed by atoms with van der Waals surface area (Å²) in [5, 5.41) is 2.58. The molecule has 0 fully saturated rings. The van der Waals surface area contributed by atoms with Crippen LogP contribution >= 0.6 is 0 Å². The van der Waals surface area contributed by atoms with Gasteiger partial charge in [-0.3, -0.25) is 9.78 Å². The van der Waals surface area contributed by atoms with Crippen molar-refractivity contribution in [2.75, 3.05) is 6.54 Å². The van der Waals surface area contributed by atoms with Crippen LogP contribution in [0.1, 0.15) is 17.3 Å². The third kappa shape index (κ3) is 2.97. The van der Waals surface area contributed by atoms with E-state index in [2.05, 4.69) is 16.9 Å². The Morgan fingerprint density at radius 3 is 2.93 bits per heavy atom. The van der Waals surface area contributed by atoms with Crippen molar-refractivity contribution < 1.29 is 9.18 Å². The van der Waals surface area contributed by atoms with Gasteiger partial charge in [-0.05, 0) is 13.0 Å². The van der Waals surface area contributed by atoms with E-state index in [9.17, 15) is 9.18 Å². The molecule has 1 aromatic heterocycles. The number of nitrogens with zero attached hydrogens (tertiary/aromatic N) is 1. The molecule has 1 amide bonds. The molecule has 0 spiro atoms. The Morgan fingerprint density at radius 2 is 2.36 bits per heavy atom. The molecule has 0 aliphatic rings. The third-order valence-corrected chi connectivity index (χ3v) is 1.52. The van der Waals surface area contributed by atoms with Crippen molar-refractivity contribution in [2.45, 2.75) is 6.92 Å². The number of hydrogen-bond acceptors (Lipinski definition) is 2. The van der Waals surface area contributed by atoms with E-state index < -0.39 is 5.82 Å². The standard InChI is InChI=1S/C10H11FN2O/c1-7(2)4-13-10(14)8-3-9(11)6-12-5-8/h3,5-6H,1,4H2,2H3,(H,13,14). The number of hydrogen-bond donors (Lipinski definition) is 1. The highest BCUT2D eigenvalue weighted by atomic mass is 19.1. The molecule has 0 saturated heterocycles. The van der Waals surface area contributed by atoms with Crippen molar-refractivity contribution in [1.29, 1.82) is 0 Å². The van der Waals surface area contributed by atoms with Crippen LogP contribution in [-0.4, -0.2) is 17.4 Å². The van der Waals surface area contributed by atoms with Crippen molar-refractivity contribution in [2.24, 2.45) is 0 Å². The van der Waals surface area contributed by atoms with E-state index in [1.807, 2.05) is 0 Å². The first-order chi connectivity index (χ1) is 6.59. The number of aromatic nitrogens is 1. The van der Waals surface area contributed by atoms with Gasteiger partial charge in [0.1, 0.15) is 5.82 Å². The molecule has 0 unspecified atom stereocenters. The zero-order valence-corrected chi connectivity index (χ0v) is 7.88. The lowest BCUT2D eigenvalue weighted by Gasteiger charge is -2.03. The third-order valence-electron chi connectivity index (χ3n) is 1.52. The molecule has 14 heavy (non-hydrogen) atoms. The highest BCUT2D eigenvalue weighted by Crippen LogP contribution is 2.00. The largest absolute Gasteiger partial charge is 0.348 e. The van der Waals surface area contributed by atoms with Gasteiger partial charge in [0.15, 0.2) is 0 Å². The van der Waals surface area contributed by atoms with E-state index in [1.54, 1.807) is 6.92 Å². The minimum absolute atomic E-state index is 0.214. The predicted octanol–water partition coefficient (Wildman–Crippen LogP) is 1.53. The van der Waals surface area contributed by atoms with Gasteiger partial charge in [-0.25, -0.2) is 4.39 Å². The Hall–Kier alpha value is -1.71. The van der Waals surface area contributed by atoms with E-state index >= 15 is 0 Å². The summed E-state index contributed by atoms with van der Waals surface area (Å²) in [6, 6.07) is 1.14. The van der Waals surface area contributed by atoms with Crippen LogP contribution in [0.2, 0.25) is 0 Å². The number of nitrogens with one attached hydrogen (secondary N) is 1. The fraction of sp³-hybridized carbons (Fsp3) is 0.200. The molecule has 1 rings (SSSR count). The quantitative estimate of drug-likeness (QED) is 0.741. The summed E-state index contributed by atoms with van der Waals surface area (Å²) in [5.41, 5.74) is 1.05. The van der Waals surface area contributed by atoms with E-state index in [4.69, 9.17) is 0 Å². The lowest BCUT2D eigenvalue weighted by atomic mass is 10.2. The van der Waals surface area contributed by atoms with Gasteiger partial charge in [0.05, 0.1) is 11.8 Å². The molecular weight excluding hydrogens is 183 g/mol. The fourth-order valence-electron chi connectivity index (χ4n) is 0.869. The van der Waals surface area contributed by atoms with Gasteiger partial charge in [-0.15, -0.1) is 0 Å². The molecule has 0 aromatic carbocycles. The average molecular weight is 194 g/mol. The topological polar surface area (TPSA) is 42.0 Å². The van der Waals surface area contributed by atoms with Gasteiger partial charge < -0.3 is 5.32 Å². The molecule has 3 nitrogen and oxygen atoms in total. The van der Waals surface area contributed by atoms with Crippen molar-refractivity contribution in [3.8, 4) is 0 Å². The van der Waals surface area contributed by atoms with Gasteiger partial charge in [-0.1, -0.05) is 12.2 Å². The SMILES string of the molecule is C=C(C)CNC(=O)c1cncc(F)c1. The van der Waals surface area contributed by atoms with E-state index in [0.717, 1.165) is 17.8 Å². The Morgan fingerprint density at radius 1 is 1.64 bits per heavy atom. The van der Waals surface area contributed by atoms with Crippen LogP contribution in [-0.2, 0) is 0 Å². The molecule has 4 heteroatoms. The lowest BCUT2D eigenvalue weighted by Crippen LogP contribution is -2.25. The molecule has 0 aliphatic heterocycles. The van der Waals surface area contributed by atoms with Gasteiger partial charge in [0.2, 0.25) is 0 Å². The van der Waals surface area contributed by atoms with Crippen LogP contribution < -0.4 is 5.32 Å². The zero-order valence-electron chi connectivity index (χ0n) is 7.88. The second-order valence-corrected chi connectivity index (χ2v) is 3.03. The molecule has 74 valence electrons. The molecule has 1 aromatic rings. The summed E-state index contributed by atoms with van der Waals surface area (Å²) in [5.74, 6) is -0.868. The van der Waals surface area contributed by atoms with Gasteiger partial charge in [-0.2, -0.15) is 0 Å². The van der Waals surface area contributed by atoms with Crippen LogP contribution in [0, 0.1) is 5.82 Å². The maximum Gasteiger partial charge on any atom is 0.253 e. The van der Waals surface area contributed by atoms with Crippen LogP contribution in [0.5, 0.6) is 0 Å². The number of pyridine rings is 1. The second kappa shape index (κ2) is 4.50. The van der Waals surface area contributed by atoms with Crippen molar-refractivity contribution in [1.82, 2.24) is 10.3 Å². The first-order valence-electron chi connectivity index (χ1n) is 4.12. The average Bonchev–Trinajstić information content (AvgIpc) is 2.14. The molecule has 0 atom stereocenters. The highest BCUT2D eigenvalue weighted by molar-refractivity contribution is 5.93. The number of amides is 1. The van der Waals surface area contributed by atoms with Crippen molar-refractivity contribution in [3.63, 3.8) is 0 Å². The smallest absolute Gasteiger partial charge is 0.253 e. The minimum Gasteiger partial charge on any atom is -0.348 e. The second-order valence-electron chi connectivity index (χ2n) is 3.03. The number of halogens is 1. The molecule has 0 bridgehead atoms. The zero-order chi connectivity index (χ0) is 10.6. The first kappa shape index (κ1) is 10.4. The van der Waals surface area contributed by atoms with Gasteiger partial charge in [0, 0.05) is 12.7 Å². The van der Waals surface area contributed by atoms with E-state index in [0.29, 0.717) is 6.54 Å². The maximum atomic E-state index is 12.7. The molecule has 0 radical (unpaired) electrons. The van der Waals surface area contributed by atoms with Crippen molar-refractivity contribution in [3.05, 3.63) is 42.0 Å². The minimum atomic E-state index is -0.520. The lowest BCUT2D eigenvalue weighted by molar-refractivity contribution is 0.0956.